The molecule has 0 saturated heterocycles. The maximum Gasteiger partial charge on any atom is 0.306 e. The van der Waals surface area contributed by atoms with Crippen molar-refractivity contribution in [3.05, 3.63) is 72.9 Å². The van der Waals surface area contributed by atoms with Crippen molar-refractivity contribution in [2.75, 3.05) is 13.2 Å². The normalized spacial score (nSPS) is 12.5. The second-order valence-corrected chi connectivity index (χ2v) is 22.0. The number of allylic oxidation sites excluding steroid dienone is 12. The Morgan fingerprint density at radius 3 is 0.816 bits per heavy atom. The van der Waals surface area contributed by atoms with E-state index in [9.17, 15) is 14.4 Å². The van der Waals surface area contributed by atoms with E-state index < -0.39 is 6.10 Å². The Kier molecular flexibility index (Phi) is 61.7. The molecule has 0 aromatic heterocycles. The van der Waals surface area contributed by atoms with Crippen molar-refractivity contribution < 1.29 is 28.6 Å². The van der Waals surface area contributed by atoms with Crippen molar-refractivity contribution in [3.63, 3.8) is 0 Å². The van der Waals surface area contributed by atoms with Gasteiger partial charge in [0.2, 0.25) is 0 Å². The molecule has 0 saturated carbocycles. The quantitative estimate of drug-likeness (QED) is 0.0261. The van der Waals surface area contributed by atoms with Gasteiger partial charge in [-0.3, -0.25) is 14.4 Å². The predicted octanol–water partition coefficient (Wildman–Crippen LogP) is 22.5. The molecule has 6 heteroatoms. The fraction of sp³-hybridized carbons (Fsp3) is 0.786. The fourth-order valence-electron chi connectivity index (χ4n) is 9.53. The largest absolute Gasteiger partial charge is 0.462 e. The average Bonchev–Trinajstić information content (AvgIpc) is 3.42. The number of unbranched alkanes of at least 4 members (excludes halogenated alkanes) is 37. The molecule has 1 unspecified atom stereocenters. The average molecular weight is 1060 g/mol. The summed E-state index contributed by atoms with van der Waals surface area (Å²) in [5, 5.41) is 0. The highest BCUT2D eigenvalue weighted by atomic mass is 16.6. The van der Waals surface area contributed by atoms with Gasteiger partial charge in [-0.1, -0.05) is 299 Å². The lowest BCUT2D eigenvalue weighted by atomic mass is 10.0. The molecule has 0 radical (unpaired) electrons. The first-order chi connectivity index (χ1) is 37.5. The van der Waals surface area contributed by atoms with Crippen molar-refractivity contribution in [2.45, 2.75) is 341 Å². The third-order valence-corrected chi connectivity index (χ3v) is 14.4. The summed E-state index contributed by atoms with van der Waals surface area (Å²) in [5.41, 5.74) is 0. The number of esters is 3. The van der Waals surface area contributed by atoms with Crippen LogP contribution in [0.2, 0.25) is 0 Å². The van der Waals surface area contributed by atoms with Crippen molar-refractivity contribution in [2.24, 2.45) is 0 Å². The number of hydrogen-bond acceptors (Lipinski definition) is 6. The molecule has 0 amide bonds. The lowest BCUT2D eigenvalue weighted by Crippen LogP contribution is -2.30. The molecule has 0 fully saturated rings. The van der Waals surface area contributed by atoms with E-state index in [0.717, 1.165) is 109 Å². The Hall–Kier alpha value is -3.15. The Bertz CT molecular complexity index is 1400. The van der Waals surface area contributed by atoms with Crippen LogP contribution in [0.5, 0.6) is 0 Å². The van der Waals surface area contributed by atoms with E-state index >= 15 is 0 Å². The molecule has 0 rings (SSSR count). The molecule has 0 heterocycles. The van der Waals surface area contributed by atoms with Crippen LogP contribution in [-0.4, -0.2) is 37.2 Å². The molecule has 0 aromatic carbocycles. The molecule has 76 heavy (non-hydrogen) atoms. The van der Waals surface area contributed by atoms with Crippen molar-refractivity contribution in [3.8, 4) is 0 Å². The first kappa shape index (κ1) is 72.8. The molecule has 1 atom stereocenters. The van der Waals surface area contributed by atoms with Crippen molar-refractivity contribution in [1.82, 2.24) is 0 Å². The van der Waals surface area contributed by atoms with E-state index in [1.165, 1.54) is 186 Å². The van der Waals surface area contributed by atoms with E-state index in [4.69, 9.17) is 14.2 Å². The van der Waals surface area contributed by atoms with Crippen molar-refractivity contribution >= 4 is 17.9 Å². The van der Waals surface area contributed by atoms with E-state index in [1.54, 1.807) is 0 Å². The number of hydrogen-bond donors (Lipinski definition) is 0. The van der Waals surface area contributed by atoms with Crippen LogP contribution in [0, 0.1) is 0 Å². The summed E-state index contributed by atoms with van der Waals surface area (Å²) >= 11 is 0. The highest BCUT2D eigenvalue weighted by Crippen LogP contribution is 2.17. The zero-order chi connectivity index (χ0) is 55.0. The topological polar surface area (TPSA) is 78.9 Å². The third kappa shape index (κ3) is 61.7. The van der Waals surface area contributed by atoms with Crippen LogP contribution in [-0.2, 0) is 28.6 Å². The minimum absolute atomic E-state index is 0.0803. The minimum Gasteiger partial charge on any atom is -0.462 e. The summed E-state index contributed by atoms with van der Waals surface area (Å²) in [4.78, 5) is 38.4. The lowest BCUT2D eigenvalue weighted by Gasteiger charge is -2.18. The molecule has 0 aliphatic heterocycles. The molecule has 0 N–H and O–H groups in total. The maximum atomic E-state index is 12.9. The SMILES string of the molecule is CC/C=C\C/C=C\C/C=C\C/C=C\C/C=C\CCCCCCCC(=O)OC(COC(=O)CCCCCCCCCCCCC/C=C\CCCCCCCCCC)COC(=O)CCCCCCCCCCCCCCCC. The maximum absolute atomic E-state index is 12.9. The summed E-state index contributed by atoms with van der Waals surface area (Å²) in [5.74, 6) is -0.882. The molecule has 440 valence electrons. The van der Waals surface area contributed by atoms with Crippen LogP contribution in [0.3, 0.4) is 0 Å². The van der Waals surface area contributed by atoms with Gasteiger partial charge in [0.05, 0.1) is 0 Å². The zero-order valence-electron chi connectivity index (χ0n) is 50.5. The van der Waals surface area contributed by atoms with E-state index in [-0.39, 0.29) is 31.1 Å². The highest BCUT2D eigenvalue weighted by molar-refractivity contribution is 5.71. The van der Waals surface area contributed by atoms with Gasteiger partial charge in [0.25, 0.3) is 0 Å². The molecular weight excluding hydrogens is 937 g/mol. The van der Waals surface area contributed by atoms with Crippen LogP contribution < -0.4 is 0 Å². The Morgan fingerprint density at radius 1 is 0.276 bits per heavy atom. The van der Waals surface area contributed by atoms with Crippen LogP contribution in [0.15, 0.2) is 72.9 Å². The van der Waals surface area contributed by atoms with Gasteiger partial charge in [-0.2, -0.15) is 0 Å². The summed E-state index contributed by atoms with van der Waals surface area (Å²) in [7, 11) is 0. The fourth-order valence-corrected chi connectivity index (χ4v) is 9.53. The van der Waals surface area contributed by atoms with Gasteiger partial charge >= 0.3 is 17.9 Å². The first-order valence-electron chi connectivity index (χ1n) is 32.9. The summed E-state index contributed by atoms with van der Waals surface area (Å²) in [6, 6.07) is 0. The third-order valence-electron chi connectivity index (χ3n) is 14.4. The minimum atomic E-state index is -0.786. The standard InChI is InChI=1S/C70H124O6/c1-4-7-10-13-16-19-22-25-28-30-32-34-35-37-38-40-42-45-48-51-54-57-60-63-69(72)75-66-67(65-74-68(71)62-59-56-53-50-47-44-27-24-21-18-15-12-9-6-3)76-70(73)64-61-58-55-52-49-46-43-41-39-36-33-31-29-26-23-20-17-14-11-8-5-2/h8,11,17,20,26,29-30,32-33,36,41,43,67H,4-7,9-10,12-16,18-19,21-25,27-28,31,34-35,37-40,42,44-66H2,1-3H3/b11-8-,20-17-,29-26-,32-30-,36-33-,43-41-. The van der Waals surface area contributed by atoms with E-state index in [0.29, 0.717) is 19.3 Å². The molecule has 0 aliphatic carbocycles. The van der Waals surface area contributed by atoms with Gasteiger partial charge in [0.15, 0.2) is 6.10 Å². The molecule has 6 nitrogen and oxygen atoms in total. The van der Waals surface area contributed by atoms with Crippen LogP contribution in [0.1, 0.15) is 335 Å². The molecular formula is C70H124O6. The van der Waals surface area contributed by atoms with E-state index in [2.05, 4.69) is 93.7 Å². The van der Waals surface area contributed by atoms with Gasteiger partial charge < -0.3 is 14.2 Å². The molecule has 0 aliphatic rings. The summed E-state index contributed by atoms with van der Waals surface area (Å²) in [6.07, 6.45) is 83.4. The van der Waals surface area contributed by atoms with Crippen LogP contribution in [0.25, 0.3) is 0 Å². The lowest BCUT2D eigenvalue weighted by molar-refractivity contribution is -0.167. The Morgan fingerprint density at radius 2 is 0.513 bits per heavy atom. The van der Waals surface area contributed by atoms with Gasteiger partial charge in [0.1, 0.15) is 13.2 Å². The summed E-state index contributed by atoms with van der Waals surface area (Å²) in [6.45, 7) is 6.56. The molecule has 0 bridgehead atoms. The summed E-state index contributed by atoms with van der Waals surface area (Å²) < 4.78 is 16.9. The zero-order valence-corrected chi connectivity index (χ0v) is 50.5. The van der Waals surface area contributed by atoms with Crippen LogP contribution in [0.4, 0.5) is 0 Å². The number of carbonyl (C=O) groups is 3. The Balaban J connectivity index is 4.35. The second kappa shape index (κ2) is 64.4. The number of carbonyl (C=O) groups excluding carboxylic acids is 3. The van der Waals surface area contributed by atoms with Gasteiger partial charge in [-0.25, -0.2) is 0 Å². The van der Waals surface area contributed by atoms with Gasteiger partial charge in [0, 0.05) is 19.3 Å². The Labute approximate surface area is 472 Å². The van der Waals surface area contributed by atoms with Crippen molar-refractivity contribution in [1.29, 1.82) is 0 Å². The number of rotatable bonds is 60. The second-order valence-electron chi connectivity index (χ2n) is 22.0. The smallest absolute Gasteiger partial charge is 0.306 e. The van der Waals surface area contributed by atoms with E-state index in [1.807, 2.05) is 0 Å². The first-order valence-corrected chi connectivity index (χ1v) is 32.9. The van der Waals surface area contributed by atoms with Gasteiger partial charge in [-0.05, 0) is 89.9 Å². The van der Waals surface area contributed by atoms with Crippen LogP contribution >= 0.6 is 0 Å². The number of ether oxygens (including phenoxy) is 3. The van der Waals surface area contributed by atoms with Gasteiger partial charge in [-0.15, -0.1) is 0 Å². The molecule has 0 spiro atoms. The monoisotopic (exact) mass is 1060 g/mol. The molecule has 0 aromatic rings. The highest BCUT2D eigenvalue weighted by Gasteiger charge is 2.19. The predicted molar refractivity (Wildman–Crippen MR) is 330 cm³/mol.